The molecule has 1 unspecified atom stereocenters. The average molecular weight is 347 g/mol. The number of nitrogens with zero attached hydrogens (tertiary/aromatic N) is 5. The Morgan fingerprint density at radius 1 is 1.32 bits per heavy atom. The van der Waals surface area contributed by atoms with Gasteiger partial charge in [0, 0.05) is 32.4 Å². The van der Waals surface area contributed by atoms with Gasteiger partial charge in [-0.3, -0.25) is 0 Å². The van der Waals surface area contributed by atoms with Crippen LogP contribution < -0.4 is 9.80 Å². The van der Waals surface area contributed by atoms with Crippen molar-refractivity contribution in [2.24, 2.45) is 0 Å². The molecule has 1 aromatic heterocycles. The maximum Gasteiger partial charge on any atom is 0.416 e. The van der Waals surface area contributed by atoms with E-state index < -0.39 is 11.7 Å². The fourth-order valence-electron chi connectivity index (χ4n) is 3.03. The zero-order valence-corrected chi connectivity index (χ0v) is 13.5. The highest BCUT2D eigenvalue weighted by Gasteiger charge is 2.33. The molecule has 8 heteroatoms. The number of anilines is 2. The van der Waals surface area contributed by atoms with Gasteiger partial charge in [0.25, 0.3) is 0 Å². The summed E-state index contributed by atoms with van der Waals surface area (Å²) in [6.45, 7) is 1.28. The largest absolute Gasteiger partial charge is 0.416 e. The number of hydrogen-bond acceptors (Lipinski definition) is 5. The van der Waals surface area contributed by atoms with E-state index in [9.17, 15) is 18.4 Å². The molecule has 1 atom stereocenters. The molecule has 1 aliphatic heterocycles. The van der Waals surface area contributed by atoms with E-state index in [0.717, 1.165) is 24.4 Å². The van der Waals surface area contributed by atoms with Crippen LogP contribution in [0.3, 0.4) is 0 Å². The Labute approximate surface area is 143 Å². The fraction of sp³-hybridized carbons (Fsp3) is 0.353. The summed E-state index contributed by atoms with van der Waals surface area (Å²) in [4.78, 5) is 12.1. The van der Waals surface area contributed by atoms with E-state index in [4.69, 9.17) is 0 Å². The molecule has 5 nitrogen and oxygen atoms in total. The highest BCUT2D eigenvalue weighted by molar-refractivity contribution is 5.62. The second-order valence-electron chi connectivity index (χ2n) is 5.91. The van der Waals surface area contributed by atoms with E-state index in [1.165, 1.54) is 12.4 Å². The van der Waals surface area contributed by atoms with E-state index in [0.29, 0.717) is 18.8 Å². The van der Waals surface area contributed by atoms with Crippen LogP contribution in [0.5, 0.6) is 0 Å². The SMILES string of the molecule is CN(c1ccncn1)C1CCN(c2ccc(C(F)(F)F)cc2C#N)C1. The summed E-state index contributed by atoms with van der Waals surface area (Å²) in [5.74, 6) is 0.787. The van der Waals surface area contributed by atoms with Crippen LogP contribution in [-0.2, 0) is 6.18 Å². The molecule has 0 aliphatic carbocycles. The van der Waals surface area contributed by atoms with Gasteiger partial charge < -0.3 is 9.80 Å². The Balaban J connectivity index is 1.79. The van der Waals surface area contributed by atoms with Gasteiger partial charge in [-0.15, -0.1) is 0 Å². The summed E-state index contributed by atoms with van der Waals surface area (Å²) in [6.07, 6.45) is -0.491. The van der Waals surface area contributed by atoms with Gasteiger partial charge in [0.1, 0.15) is 18.2 Å². The maximum absolute atomic E-state index is 12.8. The molecule has 0 N–H and O–H groups in total. The molecule has 1 saturated heterocycles. The predicted octanol–water partition coefficient (Wildman–Crippen LogP) is 3.08. The lowest BCUT2D eigenvalue weighted by molar-refractivity contribution is -0.137. The topological polar surface area (TPSA) is 56.1 Å². The lowest BCUT2D eigenvalue weighted by Crippen LogP contribution is -2.35. The Morgan fingerprint density at radius 2 is 2.12 bits per heavy atom. The number of aromatic nitrogens is 2. The maximum atomic E-state index is 12.8. The minimum Gasteiger partial charge on any atom is -0.368 e. The standard InChI is InChI=1S/C17H16F3N5/c1-24(16-4-6-22-11-23-16)14-5-7-25(10-14)15-3-2-13(17(18,19)20)8-12(15)9-21/h2-4,6,8,11,14H,5,7,10H2,1H3. The Hall–Kier alpha value is -2.82. The highest BCUT2D eigenvalue weighted by Crippen LogP contribution is 2.34. The van der Waals surface area contributed by atoms with Crippen LogP contribution in [-0.4, -0.2) is 36.1 Å². The third-order valence-electron chi connectivity index (χ3n) is 4.42. The monoisotopic (exact) mass is 347 g/mol. The van der Waals surface area contributed by atoms with E-state index in [2.05, 4.69) is 9.97 Å². The van der Waals surface area contributed by atoms with Crippen molar-refractivity contribution in [3.05, 3.63) is 47.9 Å². The number of alkyl halides is 3. The van der Waals surface area contributed by atoms with Gasteiger partial charge in [-0.25, -0.2) is 9.97 Å². The first-order valence-corrected chi connectivity index (χ1v) is 7.75. The molecule has 0 bridgehead atoms. The van der Waals surface area contributed by atoms with Gasteiger partial charge >= 0.3 is 6.18 Å². The van der Waals surface area contributed by atoms with Crippen molar-refractivity contribution in [2.45, 2.75) is 18.6 Å². The van der Waals surface area contributed by atoms with Gasteiger partial charge in [-0.1, -0.05) is 0 Å². The normalized spacial score (nSPS) is 17.4. The first kappa shape index (κ1) is 17.0. The minimum atomic E-state index is -4.45. The molecule has 25 heavy (non-hydrogen) atoms. The smallest absolute Gasteiger partial charge is 0.368 e. The van der Waals surface area contributed by atoms with Crippen molar-refractivity contribution in [2.75, 3.05) is 29.9 Å². The highest BCUT2D eigenvalue weighted by atomic mass is 19.4. The molecule has 130 valence electrons. The fourth-order valence-corrected chi connectivity index (χ4v) is 3.03. The first-order chi connectivity index (χ1) is 11.9. The number of hydrogen-bond donors (Lipinski definition) is 0. The van der Waals surface area contributed by atoms with Gasteiger partial charge in [-0.2, -0.15) is 18.4 Å². The summed E-state index contributed by atoms with van der Waals surface area (Å²) in [5, 5.41) is 9.25. The lowest BCUT2D eigenvalue weighted by Gasteiger charge is -2.26. The van der Waals surface area contributed by atoms with E-state index in [-0.39, 0.29) is 11.6 Å². The summed E-state index contributed by atoms with van der Waals surface area (Å²) >= 11 is 0. The summed E-state index contributed by atoms with van der Waals surface area (Å²) in [7, 11) is 1.93. The van der Waals surface area contributed by atoms with Crippen LogP contribution in [0.2, 0.25) is 0 Å². The molecule has 0 spiro atoms. The molecule has 0 radical (unpaired) electrons. The quantitative estimate of drug-likeness (QED) is 0.854. The third kappa shape index (κ3) is 3.50. The molecular formula is C17H16F3N5. The van der Waals surface area contributed by atoms with Crippen molar-refractivity contribution in [1.29, 1.82) is 5.26 Å². The lowest BCUT2D eigenvalue weighted by atomic mass is 10.1. The van der Waals surface area contributed by atoms with Crippen molar-refractivity contribution in [1.82, 2.24) is 9.97 Å². The Kier molecular flexibility index (Phi) is 4.49. The second-order valence-corrected chi connectivity index (χ2v) is 5.91. The van der Waals surface area contributed by atoms with Crippen molar-refractivity contribution >= 4 is 11.5 Å². The van der Waals surface area contributed by atoms with Crippen LogP contribution in [0.1, 0.15) is 17.5 Å². The molecular weight excluding hydrogens is 331 g/mol. The summed E-state index contributed by atoms with van der Waals surface area (Å²) in [5.41, 5.74) is -0.226. The van der Waals surface area contributed by atoms with Crippen LogP contribution in [0.25, 0.3) is 0 Å². The van der Waals surface area contributed by atoms with Gasteiger partial charge in [-0.05, 0) is 30.7 Å². The zero-order chi connectivity index (χ0) is 18.0. The molecule has 1 aromatic carbocycles. The summed E-state index contributed by atoms with van der Waals surface area (Å²) < 4.78 is 38.5. The number of rotatable bonds is 3. The number of nitriles is 1. The van der Waals surface area contributed by atoms with Gasteiger partial charge in [0.05, 0.1) is 16.8 Å². The van der Waals surface area contributed by atoms with Crippen molar-refractivity contribution < 1.29 is 13.2 Å². The second kappa shape index (κ2) is 6.59. The number of benzene rings is 1. The van der Waals surface area contributed by atoms with Crippen LogP contribution in [0, 0.1) is 11.3 Å². The van der Waals surface area contributed by atoms with Crippen molar-refractivity contribution in [3.8, 4) is 6.07 Å². The molecule has 2 heterocycles. The number of likely N-dealkylation sites (N-methyl/N-ethyl adjacent to an activating group) is 1. The molecule has 1 aliphatic rings. The molecule has 2 aromatic rings. The summed E-state index contributed by atoms with van der Waals surface area (Å²) in [6, 6.07) is 7.17. The van der Waals surface area contributed by atoms with Crippen molar-refractivity contribution in [3.63, 3.8) is 0 Å². The van der Waals surface area contributed by atoms with Gasteiger partial charge in [0.15, 0.2) is 0 Å². The predicted molar refractivity (Wildman–Crippen MR) is 87.2 cm³/mol. The van der Waals surface area contributed by atoms with Crippen LogP contribution in [0.4, 0.5) is 24.7 Å². The average Bonchev–Trinajstić information content (AvgIpc) is 3.10. The zero-order valence-electron chi connectivity index (χ0n) is 13.5. The molecule has 0 saturated carbocycles. The first-order valence-electron chi connectivity index (χ1n) is 7.75. The van der Waals surface area contributed by atoms with E-state index in [1.54, 1.807) is 6.20 Å². The Morgan fingerprint density at radius 3 is 2.76 bits per heavy atom. The van der Waals surface area contributed by atoms with Crippen LogP contribution in [0.15, 0.2) is 36.8 Å². The third-order valence-corrected chi connectivity index (χ3v) is 4.42. The van der Waals surface area contributed by atoms with E-state index in [1.807, 2.05) is 29.0 Å². The Bertz CT molecular complexity index is 785. The van der Waals surface area contributed by atoms with E-state index >= 15 is 0 Å². The minimum absolute atomic E-state index is 0.0418. The molecule has 1 fully saturated rings. The molecule has 3 rings (SSSR count). The molecule has 0 amide bonds. The van der Waals surface area contributed by atoms with Gasteiger partial charge in [0.2, 0.25) is 0 Å². The van der Waals surface area contributed by atoms with Crippen LogP contribution >= 0.6 is 0 Å². The number of halogens is 3.